The van der Waals surface area contributed by atoms with Gasteiger partial charge in [0.2, 0.25) is 0 Å². The predicted octanol–water partition coefficient (Wildman–Crippen LogP) is 0.282. The summed E-state index contributed by atoms with van der Waals surface area (Å²) in [7, 11) is 1.87. The minimum Gasteiger partial charge on any atom is -0.327 e. The van der Waals surface area contributed by atoms with Gasteiger partial charge in [-0.25, -0.2) is 0 Å². The first-order chi connectivity index (χ1) is 14.4. The van der Waals surface area contributed by atoms with Crippen LogP contribution < -0.4 is 15.1 Å². The molecule has 2 aromatic carbocycles. The molecule has 2 amide bonds. The van der Waals surface area contributed by atoms with Crippen LogP contribution in [0, 0.1) is 0 Å². The quantitative estimate of drug-likeness (QED) is 0.591. The van der Waals surface area contributed by atoms with E-state index in [1.165, 1.54) is 10.5 Å². The van der Waals surface area contributed by atoms with Gasteiger partial charge in [-0.1, -0.05) is 41.9 Å². The molecule has 160 valence electrons. The van der Waals surface area contributed by atoms with E-state index in [-0.39, 0.29) is 18.4 Å². The Hall–Kier alpha value is -2.41. The van der Waals surface area contributed by atoms with Gasteiger partial charge in [-0.05, 0) is 31.2 Å². The molecule has 0 aliphatic carbocycles. The third kappa shape index (κ3) is 6.29. The summed E-state index contributed by atoms with van der Waals surface area (Å²) in [5.74, 6) is -0.00761. The number of quaternary nitrogens is 2. The lowest BCUT2D eigenvalue weighted by Gasteiger charge is -2.35. The molecule has 30 heavy (non-hydrogen) atoms. The second kappa shape index (κ2) is 10.6. The van der Waals surface area contributed by atoms with Crippen LogP contribution in [-0.4, -0.2) is 63.0 Å². The number of benzene rings is 2. The highest BCUT2D eigenvalue weighted by Crippen LogP contribution is 2.13. The van der Waals surface area contributed by atoms with Crippen molar-refractivity contribution in [3.63, 3.8) is 0 Å². The first-order valence-electron chi connectivity index (χ1n) is 10.5. The zero-order valence-corrected chi connectivity index (χ0v) is 18.4. The number of anilines is 1. The lowest BCUT2D eigenvalue weighted by atomic mass is 10.1. The van der Waals surface area contributed by atoms with E-state index >= 15 is 0 Å². The Balaban J connectivity index is 1.41. The molecule has 1 heterocycles. The van der Waals surface area contributed by atoms with Crippen molar-refractivity contribution >= 4 is 29.1 Å². The molecule has 2 aromatic rings. The number of piperazine rings is 1. The number of halogens is 1. The Kier molecular flexibility index (Phi) is 7.85. The van der Waals surface area contributed by atoms with Crippen molar-refractivity contribution in [2.45, 2.75) is 13.0 Å². The topological polar surface area (TPSA) is 58.3 Å². The Morgan fingerprint density at radius 2 is 1.70 bits per heavy atom. The molecule has 0 aromatic heterocycles. The fourth-order valence-electron chi connectivity index (χ4n) is 3.90. The van der Waals surface area contributed by atoms with Gasteiger partial charge in [-0.2, -0.15) is 0 Å². The molecule has 3 rings (SSSR count). The second-order valence-corrected chi connectivity index (χ2v) is 8.47. The van der Waals surface area contributed by atoms with Crippen LogP contribution in [0.3, 0.4) is 0 Å². The van der Waals surface area contributed by atoms with Crippen molar-refractivity contribution in [2.75, 3.05) is 51.6 Å². The summed E-state index contributed by atoms with van der Waals surface area (Å²) in [6.07, 6.45) is 0. The number of carbonyl (C=O) groups excluding carboxylic acids is 2. The first kappa shape index (κ1) is 22.3. The number of nitrogens with zero attached hydrogens (tertiary/aromatic N) is 1. The van der Waals surface area contributed by atoms with E-state index in [9.17, 15) is 9.59 Å². The van der Waals surface area contributed by atoms with Crippen LogP contribution in [0.15, 0.2) is 54.6 Å². The van der Waals surface area contributed by atoms with E-state index in [0.717, 1.165) is 31.1 Å². The van der Waals surface area contributed by atoms with Gasteiger partial charge in [0.25, 0.3) is 11.8 Å². The van der Waals surface area contributed by atoms with Gasteiger partial charge in [0.1, 0.15) is 6.04 Å². The van der Waals surface area contributed by atoms with Crippen LogP contribution in [0.2, 0.25) is 5.02 Å². The molecular weight excluding hydrogens is 400 g/mol. The summed E-state index contributed by atoms with van der Waals surface area (Å²) in [5, 5.41) is 3.47. The SMILES string of the molecule is C[C@H](c1ccccc1)[NH+]1CCN(C(=O)C[NH+](C)CC(=O)Nc2ccc(Cl)cc2)CC1. The number of hydrogen-bond acceptors (Lipinski definition) is 2. The highest BCUT2D eigenvalue weighted by atomic mass is 35.5. The average molecular weight is 431 g/mol. The van der Waals surface area contributed by atoms with Gasteiger partial charge in [-0.15, -0.1) is 0 Å². The molecule has 1 aliphatic rings. The monoisotopic (exact) mass is 430 g/mol. The number of hydrogen-bond donors (Lipinski definition) is 3. The number of amides is 2. The van der Waals surface area contributed by atoms with Crippen molar-refractivity contribution in [3.05, 3.63) is 65.2 Å². The standard InChI is InChI=1S/C23H29ClN4O2/c1-18(19-6-4-3-5-7-19)27-12-14-28(15-13-27)23(30)17-26(2)16-22(29)25-21-10-8-20(24)9-11-21/h3-11,18H,12-17H2,1-2H3,(H,25,29)/p+2/t18-/m1/s1. The first-order valence-corrected chi connectivity index (χ1v) is 10.8. The van der Waals surface area contributed by atoms with Crippen molar-refractivity contribution < 1.29 is 19.4 Å². The molecule has 0 spiro atoms. The average Bonchev–Trinajstić information content (AvgIpc) is 2.75. The van der Waals surface area contributed by atoms with E-state index in [1.54, 1.807) is 24.3 Å². The molecule has 7 heteroatoms. The molecule has 1 fully saturated rings. The zero-order chi connectivity index (χ0) is 21.5. The molecule has 0 saturated carbocycles. The zero-order valence-electron chi connectivity index (χ0n) is 17.7. The van der Waals surface area contributed by atoms with Crippen LogP contribution in [0.4, 0.5) is 5.69 Å². The molecule has 3 N–H and O–H groups in total. The number of nitrogens with one attached hydrogen (secondary N) is 3. The normalized spacial score (nSPS) is 16.7. The molecule has 1 saturated heterocycles. The van der Waals surface area contributed by atoms with Gasteiger partial charge in [-0.3, -0.25) is 9.59 Å². The Bertz CT molecular complexity index is 836. The summed E-state index contributed by atoms with van der Waals surface area (Å²) in [4.78, 5) is 29.2. The lowest BCUT2D eigenvalue weighted by molar-refractivity contribution is -0.933. The third-order valence-electron chi connectivity index (χ3n) is 5.71. The lowest BCUT2D eigenvalue weighted by Crippen LogP contribution is -3.15. The van der Waals surface area contributed by atoms with E-state index in [0.29, 0.717) is 23.3 Å². The molecule has 1 unspecified atom stereocenters. The smallest absolute Gasteiger partial charge is 0.279 e. The Labute approximate surface area is 183 Å². The highest BCUT2D eigenvalue weighted by Gasteiger charge is 2.29. The summed E-state index contributed by atoms with van der Waals surface area (Å²) >= 11 is 5.86. The van der Waals surface area contributed by atoms with Crippen LogP contribution >= 0.6 is 11.6 Å². The Morgan fingerprint density at radius 3 is 2.33 bits per heavy atom. The summed E-state index contributed by atoms with van der Waals surface area (Å²) in [6.45, 7) is 6.21. The fourth-order valence-corrected chi connectivity index (χ4v) is 4.02. The van der Waals surface area contributed by atoms with Gasteiger partial charge >= 0.3 is 0 Å². The maximum absolute atomic E-state index is 12.7. The number of likely N-dealkylation sites (N-methyl/N-ethyl adjacent to an activating group) is 1. The minimum absolute atomic E-state index is 0.109. The van der Waals surface area contributed by atoms with E-state index in [4.69, 9.17) is 11.6 Å². The van der Waals surface area contributed by atoms with Gasteiger partial charge in [0.05, 0.1) is 33.2 Å². The summed E-state index contributed by atoms with van der Waals surface area (Å²) in [5.41, 5.74) is 2.04. The van der Waals surface area contributed by atoms with E-state index in [1.807, 2.05) is 18.0 Å². The van der Waals surface area contributed by atoms with Crippen LogP contribution in [0.1, 0.15) is 18.5 Å². The second-order valence-electron chi connectivity index (χ2n) is 8.04. The molecule has 6 nitrogen and oxygen atoms in total. The molecular formula is C23H31ClN4O2+2. The fraction of sp³-hybridized carbons (Fsp3) is 0.391. The molecule has 1 aliphatic heterocycles. The largest absolute Gasteiger partial charge is 0.327 e. The number of carbonyl (C=O) groups is 2. The van der Waals surface area contributed by atoms with Crippen LogP contribution in [0.25, 0.3) is 0 Å². The van der Waals surface area contributed by atoms with Gasteiger partial charge in [0, 0.05) is 16.3 Å². The van der Waals surface area contributed by atoms with Gasteiger partial charge < -0.3 is 20.0 Å². The molecule has 0 bridgehead atoms. The van der Waals surface area contributed by atoms with Gasteiger partial charge in [0.15, 0.2) is 13.1 Å². The maximum atomic E-state index is 12.7. The summed E-state index contributed by atoms with van der Waals surface area (Å²) < 4.78 is 0. The minimum atomic E-state index is -0.117. The maximum Gasteiger partial charge on any atom is 0.279 e. The van der Waals surface area contributed by atoms with Crippen molar-refractivity contribution in [1.82, 2.24) is 4.90 Å². The highest BCUT2D eigenvalue weighted by molar-refractivity contribution is 6.30. The Morgan fingerprint density at radius 1 is 1.07 bits per heavy atom. The van der Waals surface area contributed by atoms with Crippen molar-refractivity contribution in [3.8, 4) is 0 Å². The van der Waals surface area contributed by atoms with Crippen molar-refractivity contribution in [2.24, 2.45) is 0 Å². The summed E-state index contributed by atoms with van der Waals surface area (Å²) in [6, 6.07) is 17.9. The third-order valence-corrected chi connectivity index (χ3v) is 5.97. The molecule has 2 atom stereocenters. The van der Waals surface area contributed by atoms with E-state index < -0.39 is 0 Å². The van der Waals surface area contributed by atoms with Crippen LogP contribution in [0.5, 0.6) is 0 Å². The van der Waals surface area contributed by atoms with Crippen molar-refractivity contribution in [1.29, 1.82) is 0 Å². The van der Waals surface area contributed by atoms with E-state index in [2.05, 4.69) is 36.5 Å². The molecule has 0 radical (unpaired) electrons. The van der Waals surface area contributed by atoms with Crippen LogP contribution in [-0.2, 0) is 9.59 Å². The predicted molar refractivity (Wildman–Crippen MR) is 119 cm³/mol. The number of rotatable bonds is 7.